The van der Waals surface area contributed by atoms with E-state index in [-0.39, 0.29) is 0 Å². The number of rotatable bonds is 4. The Morgan fingerprint density at radius 1 is 1.38 bits per heavy atom. The first-order valence-corrected chi connectivity index (χ1v) is 4.99. The van der Waals surface area contributed by atoms with E-state index in [1.807, 2.05) is 0 Å². The summed E-state index contributed by atoms with van der Waals surface area (Å²) in [5.41, 5.74) is 0. The third kappa shape index (κ3) is 2.69. The van der Waals surface area contributed by atoms with Gasteiger partial charge in [-0.3, -0.25) is 4.79 Å². The molecule has 1 unspecified atom stereocenters. The van der Waals surface area contributed by atoms with Gasteiger partial charge in [0.2, 0.25) is 0 Å². The van der Waals surface area contributed by atoms with Gasteiger partial charge in [0.1, 0.15) is 6.04 Å². The van der Waals surface area contributed by atoms with Crippen molar-refractivity contribution < 1.29 is 9.90 Å². The Kier molecular flexibility index (Phi) is 3.31. The number of carboxylic acid groups (broad SMARTS) is 1. The first kappa shape index (κ1) is 10.5. The molecule has 0 radical (unpaired) electrons. The minimum absolute atomic E-state index is 0.405. The highest BCUT2D eigenvalue weighted by atomic mass is 16.4. The van der Waals surface area contributed by atoms with Crippen LogP contribution >= 0.6 is 0 Å². The van der Waals surface area contributed by atoms with Gasteiger partial charge in [-0.25, -0.2) is 0 Å². The van der Waals surface area contributed by atoms with Crippen molar-refractivity contribution in [2.24, 2.45) is 11.8 Å². The maximum absolute atomic E-state index is 10.5. The van der Waals surface area contributed by atoms with Crippen LogP contribution in [0.1, 0.15) is 33.6 Å². The second kappa shape index (κ2) is 4.09. The summed E-state index contributed by atoms with van der Waals surface area (Å²) in [6.07, 6.45) is 2.27. The standard InChI is InChI=1S/C10H19NO2/c1-6(2)8-4-9(5-8)11-7(3)10(12)13/h6-9,11H,4-5H2,1-3H3,(H,12,13). The largest absolute Gasteiger partial charge is 0.480 e. The van der Waals surface area contributed by atoms with E-state index >= 15 is 0 Å². The predicted molar refractivity (Wildman–Crippen MR) is 51.6 cm³/mol. The summed E-state index contributed by atoms with van der Waals surface area (Å²) in [5.74, 6) is 0.768. The monoisotopic (exact) mass is 185 g/mol. The molecular weight excluding hydrogens is 166 g/mol. The lowest BCUT2D eigenvalue weighted by Gasteiger charge is -2.39. The molecule has 1 aliphatic rings. The highest BCUT2D eigenvalue weighted by molar-refractivity contribution is 5.72. The lowest BCUT2D eigenvalue weighted by atomic mass is 9.73. The highest BCUT2D eigenvalue weighted by Crippen LogP contribution is 2.33. The van der Waals surface area contributed by atoms with Crippen molar-refractivity contribution in [3.05, 3.63) is 0 Å². The van der Waals surface area contributed by atoms with E-state index in [9.17, 15) is 4.79 Å². The molecule has 0 spiro atoms. The Bertz CT molecular complexity index is 185. The fourth-order valence-electron chi connectivity index (χ4n) is 1.77. The van der Waals surface area contributed by atoms with Crippen LogP contribution in [0.15, 0.2) is 0 Å². The van der Waals surface area contributed by atoms with E-state index in [1.165, 1.54) is 0 Å². The summed E-state index contributed by atoms with van der Waals surface area (Å²) in [7, 11) is 0. The minimum atomic E-state index is -0.756. The van der Waals surface area contributed by atoms with E-state index in [0.717, 1.165) is 24.7 Å². The number of aliphatic carboxylic acids is 1. The van der Waals surface area contributed by atoms with Crippen molar-refractivity contribution in [3.63, 3.8) is 0 Å². The van der Waals surface area contributed by atoms with Crippen molar-refractivity contribution in [2.75, 3.05) is 0 Å². The smallest absolute Gasteiger partial charge is 0.320 e. The Labute approximate surface area is 79.5 Å². The lowest BCUT2D eigenvalue weighted by Crippen LogP contribution is -2.49. The highest BCUT2D eigenvalue weighted by Gasteiger charge is 2.32. The molecule has 0 heterocycles. The number of hydrogen-bond acceptors (Lipinski definition) is 2. The van der Waals surface area contributed by atoms with Crippen LogP contribution in [0, 0.1) is 11.8 Å². The number of carboxylic acids is 1. The number of hydrogen-bond donors (Lipinski definition) is 2. The van der Waals surface area contributed by atoms with E-state index in [1.54, 1.807) is 6.92 Å². The molecule has 0 saturated heterocycles. The Hall–Kier alpha value is -0.570. The summed E-state index contributed by atoms with van der Waals surface area (Å²) in [6, 6.07) is 0.0246. The van der Waals surface area contributed by atoms with Crippen molar-refractivity contribution >= 4 is 5.97 Å². The summed E-state index contributed by atoms with van der Waals surface area (Å²) in [6.45, 7) is 6.15. The number of nitrogens with one attached hydrogen (secondary N) is 1. The Morgan fingerprint density at radius 3 is 2.31 bits per heavy atom. The third-order valence-corrected chi connectivity index (χ3v) is 2.97. The average Bonchev–Trinajstić information content (AvgIpc) is 1.94. The summed E-state index contributed by atoms with van der Waals surface area (Å²) < 4.78 is 0. The molecule has 3 nitrogen and oxygen atoms in total. The molecular formula is C10H19NO2. The van der Waals surface area contributed by atoms with Crippen molar-refractivity contribution in [1.29, 1.82) is 0 Å². The van der Waals surface area contributed by atoms with Crippen molar-refractivity contribution in [3.8, 4) is 0 Å². The van der Waals surface area contributed by atoms with Gasteiger partial charge in [-0.2, -0.15) is 0 Å². The van der Waals surface area contributed by atoms with Crippen LogP contribution in [0.4, 0.5) is 0 Å². The van der Waals surface area contributed by atoms with Gasteiger partial charge in [0, 0.05) is 6.04 Å². The van der Waals surface area contributed by atoms with Crippen LogP contribution in [-0.4, -0.2) is 23.2 Å². The van der Waals surface area contributed by atoms with Gasteiger partial charge in [0.05, 0.1) is 0 Å². The summed E-state index contributed by atoms with van der Waals surface area (Å²) in [4.78, 5) is 10.5. The molecule has 0 aliphatic heterocycles. The fourth-order valence-corrected chi connectivity index (χ4v) is 1.77. The minimum Gasteiger partial charge on any atom is -0.480 e. The van der Waals surface area contributed by atoms with E-state index in [0.29, 0.717) is 6.04 Å². The molecule has 1 atom stereocenters. The molecule has 76 valence electrons. The van der Waals surface area contributed by atoms with Crippen LogP contribution in [0.5, 0.6) is 0 Å². The zero-order chi connectivity index (χ0) is 10.0. The SMILES string of the molecule is CC(NC1CC(C(C)C)C1)C(=O)O. The Balaban J connectivity index is 2.18. The predicted octanol–water partition coefficient (Wildman–Crippen LogP) is 1.48. The number of carbonyl (C=O) groups is 1. The molecule has 0 aromatic carbocycles. The molecule has 1 aliphatic carbocycles. The van der Waals surface area contributed by atoms with Crippen LogP contribution < -0.4 is 5.32 Å². The molecule has 0 bridgehead atoms. The maximum Gasteiger partial charge on any atom is 0.320 e. The van der Waals surface area contributed by atoms with Crippen LogP contribution in [0.25, 0.3) is 0 Å². The molecule has 3 heteroatoms. The molecule has 13 heavy (non-hydrogen) atoms. The summed E-state index contributed by atoms with van der Waals surface area (Å²) in [5, 5.41) is 11.8. The van der Waals surface area contributed by atoms with Gasteiger partial charge >= 0.3 is 5.97 Å². The van der Waals surface area contributed by atoms with Crippen molar-refractivity contribution in [2.45, 2.75) is 45.7 Å². The van der Waals surface area contributed by atoms with Gasteiger partial charge < -0.3 is 10.4 Å². The molecule has 0 aromatic heterocycles. The van der Waals surface area contributed by atoms with E-state index < -0.39 is 12.0 Å². The van der Waals surface area contributed by atoms with Gasteiger partial charge in [-0.05, 0) is 31.6 Å². The molecule has 1 rings (SSSR count). The molecule has 2 N–H and O–H groups in total. The Morgan fingerprint density at radius 2 is 1.92 bits per heavy atom. The summed E-state index contributed by atoms with van der Waals surface area (Å²) >= 11 is 0. The fraction of sp³-hybridized carbons (Fsp3) is 0.900. The van der Waals surface area contributed by atoms with Gasteiger partial charge in [0.25, 0.3) is 0 Å². The maximum atomic E-state index is 10.5. The van der Waals surface area contributed by atoms with Crippen LogP contribution in [0.2, 0.25) is 0 Å². The van der Waals surface area contributed by atoms with Gasteiger partial charge in [0.15, 0.2) is 0 Å². The van der Waals surface area contributed by atoms with E-state index in [4.69, 9.17) is 5.11 Å². The third-order valence-electron chi connectivity index (χ3n) is 2.97. The topological polar surface area (TPSA) is 49.3 Å². The van der Waals surface area contributed by atoms with E-state index in [2.05, 4.69) is 19.2 Å². The zero-order valence-corrected chi connectivity index (χ0v) is 8.58. The molecule has 0 amide bonds. The normalized spacial score (nSPS) is 29.8. The van der Waals surface area contributed by atoms with Gasteiger partial charge in [-0.1, -0.05) is 13.8 Å². The quantitative estimate of drug-likeness (QED) is 0.697. The lowest BCUT2D eigenvalue weighted by molar-refractivity contribution is -0.139. The zero-order valence-electron chi connectivity index (χ0n) is 8.58. The second-order valence-corrected chi connectivity index (χ2v) is 4.40. The first-order valence-electron chi connectivity index (χ1n) is 4.99. The average molecular weight is 185 g/mol. The van der Waals surface area contributed by atoms with Crippen LogP contribution in [-0.2, 0) is 4.79 Å². The van der Waals surface area contributed by atoms with Gasteiger partial charge in [-0.15, -0.1) is 0 Å². The van der Waals surface area contributed by atoms with Crippen LogP contribution in [0.3, 0.4) is 0 Å². The second-order valence-electron chi connectivity index (χ2n) is 4.40. The molecule has 0 aromatic rings. The first-order chi connectivity index (χ1) is 6.00. The van der Waals surface area contributed by atoms with Crippen molar-refractivity contribution in [1.82, 2.24) is 5.32 Å². The molecule has 1 saturated carbocycles. The molecule has 1 fully saturated rings.